The van der Waals surface area contributed by atoms with Crippen LogP contribution in [0.5, 0.6) is 0 Å². The number of benzene rings is 1. The van der Waals surface area contributed by atoms with Crippen molar-refractivity contribution < 1.29 is 13.2 Å². The standard InChI is InChI=1S/C13H19ClN2O3S/c1-9-11(14)6-10(7-12(9)15)20(17,18)16-13(2)4-3-5-19-8-13/h6-7,16H,3-5,8,15H2,1-2H3. The van der Waals surface area contributed by atoms with E-state index in [2.05, 4.69) is 4.72 Å². The van der Waals surface area contributed by atoms with Gasteiger partial charge in [-0.2, -0.15) is 0 Å². The summed E-state index contributed by atoms with van der Waals surface area (Å²) in [7, 11) is -3.67. The van der Waals surface area contributed by atoms with Crippen LogP contribution < -0.4 is 10.5 Å². The van der Waals surface area contributed by atoms with Gasteiger partial charge in [-0.3, -0.25) is 0 Å². The molecule has 0 aliphatic carbocycles. The molecular formula is C13H19ClN2O3S. The highest BCUT2D eigenvalue weighted by Crippen LogP contribution is 2.27. The zero-order valence-electron chi connectivity index (χ0n) is 11.6. The largest absolute Gasteiger partial charge is 0.398 e. The number of nitrogen functional groups attached to an aromatic ring is 1. The van der Waals surface area contributed by atoms with Gasteiger partial charge in [0.15, 0.2) is 0 Å². The molecule has 1 aliphatic heterocycles. The second kappa shape index (κ2) is 5.52. The molecular weight excluding hydrogens is 300 g/mol. The monoisotopic (exact) mass is 318 g/mol. The lowest BCUT2D eigenvalue weighted by molar-refractivity contribution is 0.0386. The van der Waals surface area contributed by atoms with Crippen molar-refractivity contribution >= 4 is 27.3 Å². The van der Waals surface area contributed by atoms with E-state index in [0.717, 1.165) is 12.8 Å². The van der Waals surface area contributed by atoms with E-state index in [9.17, 15) is 8.42 Å². The summed E-state index contributed by atoms with van der Waals surface area (Å²) < 4.78 is 32.9. The summed E-state index contributed by atoms with van der Waals surface area (Å²) in [5, 5.41) is 0.343. The van der Waals surface area contributed by atoms with Crippen molar-refractivity contribution in [2.75, 3.05) is 18.9 Å². The number of sulfonamides is 1. The van der Waals surface area contributed by atoms with Gasteiger partial charge in [-0.15, -0.1) is 0 Å². The third-order valence-electron chi connectivity index (χ3n) is 3.49. The van der Waals surface area contributed by atoms with Gasteiger partial charge in [-0.1, -0.05) is 11.6 Å². The van der Waals surface area contributed by atoms with Gasteiger partial charge < -0.3 is 10.5 Å². The van der Waals surface area contributed by atoms with Crippen molar-refractivity contribution in [1.82, 2.24) is 4.72 Å². The first-order chi connectivity index (χ1) is 9.23. The summed E-state index contributed by atoms with van der Waals surface area (Å²) in [4.78, 5) is 0.0809. The lowest BCUT2D eigenvalue weighted by Crippen LogP contribution is -2.51. The molecule has 0 aromatic heterocycles. The smallest absolute Gasteiger partial charge is 0.241 e. The van der Waals surface area contributed by atoms with Gasteiger partial charge in [0, 0.05) is 17.3 Å². The average molecular weight is 319 g/mol. The number of rotatable bonds is 3. The maximum Gasteiger partial charge on any atom is 0.241 e. The lowest BCUT2D eigenvalue weighted by Gasteiger charge is -2.33. The summed E-state index contributed by atoms with van der Waals surface area (Å²) in [5.41, 5.74) is 6.23. The Labute approximate surface area is 124 Å². The van der Waals surface area contributed by atoms with Gasteiger partial charge in [0.05, 0.1) is 17.0 Å². The molecule has 20 heavy (non-hydrogen) atoms. The topological polar surface area (TPSA) is 81.4 Å². The molecule has 2 rings (SSSR count). The molecule has 0 bridgehead atoms. The number of hydrogen-bond acceptors (Lipinski definition) is 4. The van der Waals surface area contributed by atoms with Crippen molar-refractivity contribution in [3.05, 3.63) is 22.7 Å². The SMILES string of the molecule is Cc1c(N)cc(S(=O)(=O)NC2(C)CCCOC2)cc1Cl. The molecule has 1 aromatic carbocycles. The minimum atomic E-state index is -3.67. The fourth-order valence-electron chi connectivity index (χ4n) is 2.23. The lowest BCUT2D eigenvalue weighted by atomic mass is 9.97. The third-order valence-corrected chi connectivity index (χ3v) is 5.50. The Bertz CT molecular complexity index is 587. The molecule has 5 nitrogen and oxygen atoms in total. The number of nitrogens with one attached hydrogen (secondary N) is 1. The zero-order valence-corrected chi connectivity index (χ0v) is 13.1. The van der Waals surface area contributed by atoms with Crippen LogP contribution in [0.4, 0.5) is 5.69 Å². The second-order valence-electron chi connectivity index (χ2n) is 5.44. The van der Waals surface area contributed by atoms with Crippen molar-refractivity contribution in [3.8, 4) is 0 Å². The number of halogens is 1. The van der Waals surface area contributed by atoms with Crippen LogP contribution in [-0.4, -0.2) is 27.2 Å². The molecule has 1 unspecified atom stereocenters. The van der Waals surface area contributed by atoms with Crippen LogP contribution in [0, 0.1) is 6.92 Å². The Morgan fingerprint density at radius 1 is 1.45 bits per heavy atom. The third kappa shape index (κ3) is 3.25. The van der Waals surface area contributed by atoms with Crippen LogP contribution in [0.15, 0.2) is 17.0 Å². The first kappa shape index (κ1) is 15.6. The van der Waals surface area contributed by atoms with E-state index in [-0.39, 0.29) is 4.90 Å². The van der Waals surface area contributed by atoms with Crippen LogP contribution in [0.25, 0.3) is 0 Å². The van der Waals surface area contributed by atoms with E-state index in [4.69, 9.17) is 22.1 Å². The van der Waals surface area contributed by atoms with E-state index in [0.29, 0.717) is 29.5 Å². The maximum absolute atomic E-state index is 12.4. The Morgan fingerprint density at radius 3 is 2.70 bits per heavy atom. The van der Waals surface area contributed by atoms with E-state index < -0.39 is 15.6 Å². The van der Waals surface area contributed by atoms with E-state index in [1.165, 1.54) is 12.1 Å². The molecule has 0 saturated carbocycles. The number of anilines is 1. The summed E-state index contributed by atoms with van der Waals surface area (Å²) in [6.45, 7) is 4.61. The Balaban J connectivity index is 2.31. The highest BCUT2D eigenvalue weighted by Gasteiger charge is 2.33. The molecule has 1 fully saturated rings. The number of nitrogens with two attached hydrogens (primary N) is 1. The second-order valence-corrected chi connectivity index (χ2v) is 7.53. The van der Waals surface area contributed by atoms with Gasteiger partial charge in [0.25, 0.3) is 0 Å². The highest BCUT2D eigenvalue weighted by molar-refractivity contribution is 7.89. The van der Waals surface area contributed by atoms with Crippen molar-refractivity contribution in [2.24, 2.45) is 0 Å². The normalized spacial score (nSPS) is 23.8. The van der Waals surface area contributed by atoms with Crippen LogP contribution in [0.1, 0.15) is 25.3 Å². The molecule has 112 valence electrons. The van der Waals surface area contributed by atoms with Crippen LogP contribution >= 0.6 is 11.6 Å². The van der Waals surface area contributed by atoms with Crippen LogP contribution in [-0.2, 0) is 14.8 Å². The van der Waals surface area contributed by atoms with Gasteiger partial charge >= 0.3 is 0 Å². The Morgan fingerprint density at radius 2 is 2.15 bits per heavy atom. The fourth-order valence-corrected chi connectivity index (χ4v) is 4.00. The van der Waals surface area contributed by atoms with Gasteiger partial charge in [-0.25, -0.2) is 13.1 Å². The molecule has 1 saturated heterocycles. The molecule has 0 amide bonds. The summed E-state index contributed by atoms with van der Waals surface area (Å²) in [5.74, 6) is 0. The fraction of sp³-hybridized carbons (Fsp3) is 0.538. The van der Waals surface area contributed by atoms with E-state index in [1.54, 1.807) is 6.92 Å². The zero-order chi connectivity index (χ0) is 15.0. The van der Waals surface area contributed by atoms with E-state index >= 15 is 0 Å². The molecule has 1 heterocycles. The van der Waals surface area contributed by atoms with Crippen LogP contribution in [0.2, 0.25) is 5.02 Å². The molecule has 1 atom stereocenters. The molecule has 3 N–H and O–H groups in total. The Hall–Kier alpha value is -0.820. The van der Waals surface area contributed by atoms with Gasteiger partial charge in [0.2, 0.25) is 10.0 Å². The van der Waals surface area contributed by atoms with Crippen molar-refractivity contribution in [3.63, 3.8) is 0 Å². The summed E-state index contributed by atoms with van der Waals surface area (Å²) in [6, 6.07) is 2.85. The molecule has 1 aromatic rings. The van der Waals surface area contributed by atoms with Crippen molar-refractivity contribution in [2.45, 2.75) is 37.1 Å². The predicted octanol–water partition coefficient (Wildman–Crippen LogP) is 2.08. The number of ether oxygens (including phenoxy) is 1. The first-order valence-corrected chi connectivity index (χ1v) is 8.27. The summed E-state index contributed by atoms with van der Waals surface area (Å²) in [6.07, 6.45) is 1.57. The van der Waals surface area contributed by atoms with Gasteiger partial charge in [0.1, 0.15) is 0 Å². The molecule has 1 aliphatic rings. The van der Waals surface area contributed by atoms with E-state index in [1.807, 2.05) is 6.92 Å². The highest BCUT2D eigenvalue weighted by atomic mass is 35.5. The number of hydrogen-bond donors (Lipinski definition) is 2. The molecule has 7 heteroatoms. The quantitative estimate of drug-likeness (QED) is 0.836. The minimum Gasteiger partial charge on any atom is -0.398 e. The van der Waals surface area contributed by atoms with Crippen LogP contribution in [0.3, 0.4) is 0 Å². The van der Waals surface area contributed by atoms with Crippen molar-refractivity contribution in [1.29, 1.82) is 0 Å². The van der Waals surface area contributed by atoms with Gasteiger partial charge in [-0.05, 0) is 44.4 Å². The average Bonchev–Trinajstić information content (AvgIpc) is 2.35. The Kier molecular flexibility index (Phi) is 4.30. The maximum atomic E-state index is 12.4. The molecule has 0 radical (unpaired) electrons. The predicted molar refractivity (Wildman–Crippen MR) is 79.4 cm³/mol. The minimum absolute atomic E-state index is 0.0809. The first-order valence-electron chi connectivity index (χ1n) is 6.41. The summed E-state index contributed by atoms with van der Waals surface area (Å²) >= 11 is 6.01. The molecule has 0 spiro atoms.